The van der Waals surface area contributed by atoms with E-state index in [-0.39, 0.29) is 12.1 Å². The van der Waals surface area contributed by atoms with E-state index in [1.54, 1.807) is 11.3 Å². The van der Waals surface area contributed by atoms with Gasteiger partial charge < -0.3 is 5.73 Å². The fourth-order valence-electron chi connectivity index (χ4n) is 2.17. The lowest BCUT2D eigenvalue weighted by Crippen LogP contribution is -2.39. The van der Waals surface area contributed by atoms with Crippen molar-refractivity contribution < 1.29 is 9.59 Å². The second-order valence-electron chi connectivity index (χ2n) is 4.83. The number of hydrogen-bond donors (Lipinski definition) is 2. The Morgan fingerprint density at radius 2 is 2.17 bits per heavy atom. The minimum absolute atomic E-state index is 0.316. The highest BCUT2D eigenvalue weighted by molar-refractivity contribution is 7.19. The highest BCUT2D eigenvalue weighted by atomic mass is 32.1. The zero-order valence-electron chi connectivity index (χ0n) is 12.0. The number of thiophene rings is 2. The van der Waals surface area contributed by atoms with Gasteiger partial charge in [-0.1, -0.05) is 0 Å². The van der Waals surface area contributed by atoms with Crippen LogP contribution in [-0.2, 0) is 11.3 Å². The van der Waals surface area contributed by atoms with Crippen LogP contribution in [-0.4, -0.2) is 21.5 Å². The van der Waals surface area contributed by atoms with Gasteiger partial charge in [-0.15, -0.1) is 22.7 Å². The summed E-state index contributed by atoms with van der Waals surface area (Å²) in [5.41, 5.74) is 5.38. The Balaban J connectivity index is 2.06. The number of aromatic nitrogens is 2. The molecule has 118 valence electrons. The highest BCUT2D eigenvalue weighted by Crippen LogP contribution is 2.34. The third-order valence-corrected chi connectivity index (χ3v) is 5.06. The van der Waals surface area contributed by atoms with Gasteiger partial charge in [0.15, 0.2) is 0 Å². The van der Waals surface area contributed by atoms with E-state index in [4.69, 9.17) is 5.73 Å². The smallest absolute Gasteiger partial charge is 0.318 e. The molecule has 3 rings (SSSR count). The summed E-state index contributed by atoms with van der Waals surface area (Å²) in [4.78, 5) is 41.9. The van der Waals surface area contributed by atoms with Crippen LogP contribution < -0.4 is 16.6 Å². The average molecular weight is 348 g/mol. The lowest BCUT2D eigenvalue weighted by atomic mass is 10.2. The van der Waals surface area contributed by atoms with Crippen LogP contribution in [0.25, 0.3) is 20.7 Å². The minimum atomic E-state index is -0.956. The van der Waals surface area contributed by atoms with E-state index in [0.717, 1.165) is 19.9 Å². The largest absolute Gasteiger partial charge is 0.351 e. The third-order valence-electron chi connectivity index (χ3n) is 3.14. The molecule has 3 amide bonds. The van der Waals surface area contributed by atoms with Gasteiger partial charge in [0.1, 0.15) is 11.4 Å². The van der Waals surface area contributed by atoms with Gasteiger partial charge in [0.2, 0.25) is 5.91 Å². The molecule has 3 heterocycles. The van der Waals surface area contributed by atoms with E-state index >= 15 is 0 Å². The van der Waals surface area contributed by atoms with Crippen LogP contribution in [0.4, 0.5) is 4.79 Å². The van der Waals surface area contributed by atoms with Crippen molar-refractivity contribution in [1.29, 1.82) is 0 Å². The predicted molar refractivity (Wildman–Crippen MR) is 89.7 cm³/mol. The number of rotatable bonds is 3. The number of nitrogens with one attached hydrogen (secondary N) is 1. The maximum atomic E-state index is 12.6. The first kappa shape index (κ1) is 15.4. The molecular formula is C14H12N4O3S2. The first-order valence-electron chi connectivity index (χ1n) is 6.58. The van der Waals surface area contributed by atoms with E-state index in [2.05, 4.69) is 4.98 Å². The van der Waals surface area contributed by atoms with Gasteiger partial charge in [-0.2, -0.15) is 0 Å². The molecule has 0 spiro atoms. The molecule has 7 nitrogen and oxygen atoms in total. The molecular weight excluding hydrogens is 336 g/mol. The van der Waals surface area contributed by atoms with Crippen LogP contribution in [0.2, 0.25) is 0 Å². The fraction of sp³-hybridized carbons (Fsp3) is 0.143. The SMILES string of the molecule is Cc1ccc(-c2csc3ncn(CC(=O)NC(N)=O)c(=O)c23)s1. The van der Waals surface area contributed by atoms with E-state index in [0.29, 0.717) is 10.2 Å². The molecule has 0 saturated carbocycles. The van der Waals surface area contributed by atoms with E-state index in [1.807, 2.05) is 29.8 Å². The topological polar surface area (TPSA) is 107 Å². The standard InChI is InChI=1S/C14H12N4O3S2/c1-7-2-3-9(23-7)8-5-22-12-11(8)13(20)18(6-16-12)4-10(19)17-14(15)21/h2-3,5-6H,4H2,1H3,(H3,15,17,19,21). The van der Waals surface area contributed by atoms with Crippen LogP contribution in [0.1, 0.15) is 4.88 Å². The van der Waals surface area contributed by atoms with Crippen molar-refractivity contribution >= 4 is 44.8 Å². The Labute approximate surface area is 138 Å². The summed E-state index contributed by atoms with van der Waals surface area (Å²) >= 11 is 2.97. The van der Waals surface area contributed by atoms with E-state index in [1.165, 1.54) is 17.7 Å². The maximum absolute atomic E-state index is 12.6. The molecule has 0 fully saturated rings. The molecule has 0 bridgehead atoms. The Hall–Kier alpha value is -2.52. The summed E-state index contributed by atoms with van der Waals surface area (Å²) in [6, 6.07) is 2.99. The molecule has 0 aromatic carbocycles. The van der Waals surface area contributed by atoms with Crippen molar-refractivity contribution in [3.63, 3.8) is 0 Å². The Morgan fingerprint density at radius 3 is 2.83 bits per heavy atom. The number of aryl methyl sites for hydroxylation is 1. The summed E-state index contributed by atoms with van der Waals surface area (Å²) in [7, 11) is 0. The van der Waals surface area contributed by atoms with Crippen molar-refractivity contribution in [1.82, 2.24) is 14.9 Å². The Bertz CT molecular complexity index is 970. The molecule has 0 unspecified atom stereocenters. The molecule has 3 aromatic rings. The first-order valence-corrected chi connectivity index (χ1v) is 8.28. The zero-order chi connectivity index (χ0) is 16.6. The minimum Gasteiger partial charge on any atom is -0.351 e. The van der Waals surface area contributed by atoms with Gasteiger partial charge in [0.05, 0.1) is 11.7 Å². The van der Waals surface area contributed by atoms with Crippen LogP contribution >= 0.6 is 22.7 Å². The number of carbonyl (C=O) groups is 2. The number of urea groups is 1. The van der Waals surface area contributed by atoms with Crippen molar-refractivity contribution in [2.24, 2.45) is 5.73 Å². The van der Waals surface area contributed by atoms with E-state index in [9.17, 15) is 14.4 Å². The molecule has 0 aliphatic carbocycles. The Kier molecular flexibility index (Phi) is 3.97. The van der Waals surface area contributed by atoms with Gasteiger partial charge in [-0.05, 0) is 19.1 Å². The van der Waals surface area contributed by atoms with Crippen LogP contribution in [0.15, 0.2) is 28.6 Å². The fourth-order valence-corrected chi connectivity index (χ4v) is 4.03. The van der Waals surface area contributed by atoms with Crippen LogP contribution in [0.3, 0.4) is 0 Å². The lowest BCUT2D eigenvalue weighted by Gasteiger charge is -2.05. The quantitative estimate of drug-likeness (QED) is 0.751. The number of nitrogens with zero attached hydrogens (tertiary/aromatic N) is 2. The summed E-state index contributed by atoms with van der Waals surface area (Å²) in [5, 5.41) is 4.29. The number of amides is 3. The van der Waals surface area contributed by atoms with Crippen LogP contribution in [0, 0.1) is 6.92 Å². The molecule has 9 heteroatoms. The Morgan fingerprint density at radius 1 is 1.39 bits per heavy atom. The normalized spacial score (nSPS) is 10.8. The summed E-state index contributed by atoms with van der Waals surface area (Å²) in [6.07, 6.45) is 1.30. The maximum Gasteiger partial charge on any atom is 0.318 e. The molecule has 3 N–H and O–H groups in total. The van der Waals surface area contributed by atoms with Crippen molar-refractivity contribution in [3.8, 4) is 10.4 Å². The van der Waals surface area contributed by atoms with Crippen molar-refractivity contribution in [2.75, 3.05) is 0 Å². The first-order chi connectivity index (χ1) is 11.0. The van der Waals surface area contributed by atoms with Gasteiger partial charge in [0, 0.05) is 20.7 Å². The predicted octanol–water partition coefficient (Wildman–Crippen LogP) is 1.69. The third kappa shape index (κ3) is 3.01. The molecule has 0 saturated heterocycles. The molecule has 23 heavy (non-hydrogen) atoms. The average Bonchev–Trinajstić information content (AvgIpc) is 3.07. The number of carbonyl (C=O) groups excluding carboxylic acids is 2. The van der Waals surface area contributed by atoms with Crippen LogP contribution in [0.5, 0.6) is 0 Å². The summed E-state index contributed by atoms with van der Waals surface area (Å²) < 4.78 is 1.16. The molecule has 0 radical (unpaired) electrons. The molecule has 0 aliphatic rings. The molecule has 3 aromatic heterocycles. The summed E-state index contributed by atoms with van der Waals surface area (Å²) in [6.45, 7) is 1.68. The number of hydrogen-bond acceptors (Lipinski definition) is 6. The molecule has 0 atom stereocenters. The number of imide groups is 1. The molecule has 0 aliphatic heterocycles. The van der Waals surface area contributed by atoms with Gasteiger partial charge in [0.25, 0.3) is 5.56 Å². The highest BCUT2D eigenvalue weighted by Gasteiger charge is 2.16. The monoisotopic (exact) mass is 348 g/mol. The summed E-state index contributed by atoms with van der Waals surface area (Å²) in [5.74, 6) is -0.663. The number of primary amides is 1. The number of nitrogens with two attached hydrogens (primary N) is 1. The van der Waals surface area contributed by atoms with Gasteiger partial charge >= 0.3 is 6.03 Å². The van der Waals surface area contributed by atoms with Crippen molar-refractivity contribution in [2.45, 2.75) is 13.5 Å². The number of fused-ring (bicyclic) bond motifs is 1. The zero-order valence-corrected chi connectivity index (χ0v) is 13.7. The van der Waals surface area contributed by atoms with Gasteiger partial charge in [-0.3, -0.25) is 19.5 Å². The second-order valence-corrected chi connectivity index (χ2v) is 6.98. The second kappa shape index (κ2) is 5.94. The van der Waals surface area contributed by atoms with Gasteiger partial charge in [-0.25, -0.2) is 9.78 Å². The van der Waals surface area contributed by atoms with Crippen molar-refractivity contribution in [3.05, 3.63) is 39.1 Å². The van der Waals surface area contributed by atoms with E-state index < -0.39 is 11.9 Å². The lowest BCUT2D eigenvalue weighted by molar-refractivity contribution is -0.120.